The van der Waals surface area contributed by atoms with E-state index < -0.39 is 5.41 Å². The molecular weight excluding hydrogens is 725 g/mol. The maximum atomic E-state index is 9.69. The third-order valence-electron chi connectivity index (χ3n) is 11.4. The van der Waals surface area contributed by atoms with E-state index in [0.29, 0.717) is 23.0 Å². The normalized spacial score (nSPS) is 12.9. The summed E-state index contributed by atoms with van der Waals surface area (Å²) in [6.45, 7) is 0. The molecule has 58 heavy (non-hydrogen) atoms. The molecule has 270 valence electrons. The molecule has 8 aromatic carbocycles. The van der Waals surface area contributed by atoms with Gasteiger partial charge in [-0.2, -0.15) is 5.26 Å². The third-order valence-corrected chi connectivity index (χ3v) is 12.5. The number of nitrogens with zero attached hydrogens (tertiary/aromatic N) is 4. The van der Waals surface area contributed by atoms with E-state index in [9.17, 15) is 5.26 Å². The molecule has 0 saturated carbocycles. The average Bonchev–Trinajstić information content (AvgIpc) is 3.59. The van der Waals surface area contributed by atoms with Gasteiger partial charge in [0.05, 0.1) is 17.0 Å². The van der Waals surface area contributed by atoms with Gasteiger partial charge in [0, 0.05) is 26.5 Å². The summed E-state index contributed by atoms with van der Waals surface area (Å²) >= 11 is 1.82. The van der Waals surface area contributed by atoms with Crippen LogP contribution in [0.5, 0.6) is 0 Å². The van der Waals surface area contributed by atoms with Crippen molar-refractivity contribution in [2.24, 2.45) is 0 Å². The molecule has 11 rings (SSSR count). The molecule has 0 bridgehead atoms. The first-order chi connectivity index (χ1) is 28.7. The fourth-order valence-corrected chi connectivity index (χ4v) is 10.1. The quantitative estimate of drug-likeness (QED) is 0.175. The molecule has 1 aliphatic carbocycles. The first-order valence-electron chi connectivity index (χ1n) is 19.3. The number of rotatable bonds is 5. The minimum Gasteiger partial charge on any atom is -0.208 e. The number of hydrogen-bond acceptors (Lipinski definition) is 5. The van der Waals surface area contributed by atoms with E-state index in [1.165, 1.54) is 43.2 Å². The van der Waals surface area contributed by atoms with E-state index in [-0.39, 0.29) is 0 Å². The molecule has 0 amide bonds. The Morgan fingerprint density at radius 2 is 0.793 bits per heavy atom. The minimum absolute atomic E-state index is 0.497. The van der Waals surface area contributed by atoms with Gasteiger partial charge in [-0.15, -0.1) is 0 Å². The molecule has 0 fully saturated rings. The molecule has 1 aromatic heterocycles. The highest BCUT2D eigenvalue weighted by Crippen LogP contribution is 2.62. The van der Waals surface area contributed by atoms with E-state index >= 15 is 0 Å². The highest BCUT2D eigenvalue weighted by Gasteiger charge is 2.50. The van der Waals surface area contributed by atoms with Crippen LogP contribution in [-0.4, -0.2) is 15.0 Å². The van der Waals surface area contributed by atoms with E-state index in [4.69, 9.17) is 15.0 Å². The van der Waals surface area contributed by atoms with Gasteiger partial charge >= 0.3 is 0 Å². The topological polar surface area (TPSA) is 62.5 Å². The zero-order valence-corrected chi connectivity index (χ0v) is 32.0. The predicted octanol–water partition coefficient (Wildman–Crippen LogP) is 12.9. The van der Waals surface area contributed by atoms with Crippen LogP contribution in [0.15, 0.2) is 204 Å². The summed E-state index contributed by atoms with van der Waals surface area (Å²) in [5, 5.41) is 9.69. The van der Waals surface area contributed by atoms with Crippen LogP contribution in [0.1, 0.15) is 27.8 Å². The summed E-state index contributed by atoms with van der Waals surface area (Å²) in [6, 6.07) is 70.5. The predicted molar refractivity (Wildman–Crippen MR) is 233 cm³/mol. The van der Waals surface area contributed by atoms with Crippen LogP contribution in [0, 0.1) is 11.3 Å². The molecule has 2 aliphatic rings. The molecular formula is C53H32N4S. The van der Waals surface area contributed by atoms with Gasteiger partial charge in [-0.05, 0) is 86.0 Å². The second-order valence-corrected chi connectivity index (χ2v) is 15.8. The highest BCUT2D eigenvalue weighted by atomic mass is 32.2. The molecule has 1 aliphatic heterocycles. The van der Waals surface area contributed by atoms with Crippen LogP contribution in [0.4, 0.5) is 0 Å². The highest BCUT2D eigenvalue weighted by molar-refractivity contribution is 7.99. The molecule has 0 radical (unpaired) electrons. The maximum Gasteiger partial charge on any atom is 0.164 e. The van der Waals surface area contributed by atoms with E-state index in [2.05, 4.69) is 121 Å². The maximum absolute atomic E-state index is 9.69. The minimum atomic E-state index is -0.497. The Bertz CT molecular complexity index is 3010. The fraction of sp³-hybridized carbons (Fsp3) is 0.0189. The number of benzene rings is 8. The second-order valence-electron chi connectivity index (χ2n) is 14.7. The molecule has 1 spiro atoms. The van der Waals surface area contributed by atoms with Crippen molar-refractivity contribution in [1.29, 1.82) is 5.26 Å². The summed E-state index contributed by atoms with van der Waals surface area (Å²) in [5.41, 5.74) is 15.0. The second kappa shape index (κ2) is 13.7. The summed E-state index contributed by atoms with van der Waals surface area (Å²) in [5.74, 6) is 1.90. The molecule has 0 saturated heterocycles. The summed E-state index contributed by atoms with van der Waals surface area (Å²) in [4.78, 5) is 17.4. The van der Waals surface area contributed by atoms with Crippen molar-refractivity contribution in [2.75, 3.05) is 0 Å². The van der Waals surface area contributed by atoms with Crippen molar-refractivity contribution in [2.45, 2.75) is 15.2 Å². The SMILES string of the molecule is N#Cc1cccc(-c2ccc3c(c2)Sc2cc(-c4cccc(-c5nc(-c6ccccc6)nc(-c6ccccc6)n5)c4)ccc2C32c3ccccc3-c3ccccc32)c1. The fourth-order valence-electron chi connectivity index (χ4n) is 8.82. The number of hydrogen-bond donors (Lipinski definition) is 0. The molecule has 9 aromatic rings. The number of fused-ring (bicyclic) bond motifs is 9. The van der Waals surface area contributed by atoms with Gasteiger partial charge in [-0.3, -0.25) is 0 Å². The van der Waals surface area contributed by atoms with Gasteiger partial charge in [0.2, 0.25) is 0 Å². The van der Waals surface area contributed by atoms with Gasteiger partial charge in [0.1, 0.15) is 0 Å². The zero-order chi connectivity index (χ0) is 38.6. The van der Waals surface area contributed by atoms with Crippen LogP contribution >= 0.6 is 11.8 Å². The Morgan fingerprint density at radius 3 is 1.34 bits per heavy atom. The smallest absolute Gasteiger partial charge is 0.164 e. The Balaban J connectivity index is 1.08. The third kappa shape index (κ3) is 5.42. The Labute approximate surface area is 341 Å². The van der Waals surface area contributed by atoms with Crippen LogP contribution in [0.25, 0.3) is 67.5 Å². The monoisotopic (exact) mass is 756 g/mol. The first-order valence-corrected chi connectivity index (χ1v) is 20.1. The van der Waals surface area contributed by atoms with Crippen LogP contribution in [-0.2, 0) is 5.41 Å². The Hall–Kier alpha value is -7.39. The van der Waals surface area contributed by atoms with Crippen molar-refractivity contribution < 1.29 is 0 Å². The summed E-state index contributed by atoms with van der Waals surface area (Å²) in [6.07, 6.45) is 0. The van der Waals surface area contributed by atoms with Crippen molar-refractivity contribution in [3.8, 4) is 73.6 Å². The van der Waals surface area contributed by atoms with Crippen molar-refractivity contribution >= 4 is 11.8 Å². The Morgan fingerprint density at radius 1 is 0.362 bits per heavy atom. The summed E-state index contributed by atoms with van der Waals surface area (Å²) < 4.78 is 0. The van der Waals surface area contributed by atoms with Gasteiger partial charge in [-0.25, -0.2) is 15.0 Å². The van der Waals surface area contributed by atoms with Crippen LogP contribution in [0.3, 0.4) is 0 Å². The largest absolute Gasteiger partial charge is 0.208 e. The lowest BCUT2D eigenvalue weighted by molar-refractivity contribution is 0.723. The van der Waals surface area contributed by atoms with Gasteiger partial charge in [0.25, 0.3) is 0 Å². The molecule has 0 unspecified atom stereocenters. The molecule has 0 N–H and O–H groups in total. The zero-order valence-electron chi connectivity index (χ0n) is 31.2. The lowest BCUT2D eigenvalue weighted by atomic mass is 9.67. The van der Waals surface area contributed by atoms with E-state index in [1.807, 2.05) is 90.6 Å². The van der Waals surface area contributed by atoms with E-state index in [1.54, 1.807) is 0 Å². The van der Waals surface area contributed by atoms with Crippen LogP contribution < -0.4 is 0 Å². The van der Waals surface area contributed by atoms with Crippen molar-refractivity contribution in [3.63, 3.8) is 0 Å². The van der Waals surface area contributed by atoms with Crippen molar-refractivity contribution in [3.05, 3.63) is 222 Å². The lowest BCUT2D eigenvalue weighted by Gasteiger charge is -2.40. The molecule has 5 heteroatoms. The number of nitriles is 1. The van der Waals surface area contributed by atoms with Gasteiger partial charge in [0.15, 0.2) is 17.5 Å². The summed E-state index contributed by atoms with van der Waals surface area (Å²) in [7, 11) is 0. The Kier molecular flexibility index (Phi) is 7.99. The molecule has 4 nitrogen and oxygen atoms in total. The van der Waals surface area contributed by atoms with Gasteiger partial charge in [-0.1, -0.05) is 176 Å². The van der Waals surface area contributed by atoms with Crippen molar-refractivity contribution in [1.82, 2.24) is 15.0 Å². The molecule has 0 atom stereocenters. The van der Waals surface area contributed by atoms with Crippen LogP contribution in [0.2, 0.25) is 0 Å². The van der Waals surface area contributed by atoms with Gasteiger partial charge < -0.3 is 0 Å². The average molecular weight is 757 g/mol. The molecule has 2 heterocycles. The first kappa shape index (κ1) is 33.9. The van der Waals surface area contributed by atoms with E-state index in [0.717, 1.165) is 38.9 Å². The lowest BCUT2D eigenvalue weighted by Crippen LogP contribution is -2.32. The number of aromatic nitrogens is 3. The standard InChI is InChI=1S/C53H32N4S/c54-33-34-13-11-18-37(29-34)39-25-27-46-48(31-39)58-49-32-40(26-28-47(49)53(46)44-23-9-7-21-42(44)43-22-8-10-24-45(43)53)38-19-12-20-41(30-38)52-56-50(35-14-3-1-4-15-35)55-51(57-52)36-16-5-2-6-17-36/h1-32H.